The van der Waals surface area contributed by atoms with Crippen molar-refractivity contribution >= 4 is 17.7 Å². The second kappa shape index (κ2) is 6.82. The molecule has 0 aromatic rings. The van der Waals surface area contributed by atoms with Crippen molar-refractivity contribution in [3.05, 3.63) is 10.6 Å². The van der Waals surface area contributed by atoms with Gasteiger partial charge in [-0.05, 0) is 25.7 Å². The van der Waals surface area contributed by atoms with Crippen molar-refractivity contribution < 1.29 is 14.3 Å². The highest BCUT2D eigenvalue weighted by atomic mass is 32.2. The molecular weight excluding hydrogens is 338 g/mol. The molecule has 0 aromatic heterocycles. The van der Waals surface area contributed by atoms with Crippen molar-refractivity contribution in [3.63, 3.8) is 0 Å². The summed E-state index contributed by atoms with van der Waals surface area (Å²) in [6.45, 7) is 1.30. The van der Waals surface area contributed by atoms with E-state index in [4.69, 9.17) is 9.47 Å². The van der Waals surface area contributed by atoms with Crippen LogP contribution < -0.4 is 10.6 Å². The number of rotatable bonds is 2. The smallest absolute Gasteiger partial charge is 0.265 e. The van der Waals surface area contributed by atoms with Crippen LogP contribution in [0.4, 0.5) is 0 Å². The first-order chi connectivity index (χ1) is 12.1. The fourth-order valence-electron chi connectivity index (χ4n) is 4.33. The molecule has 7 heteroatoms. The zero-order valence-electron chi connectivity index (χ0n) is 14.4. The lowest BCUT2D eigenvalue weighted by molar-refractivity contribution is -0.181. The van der Waals surface area contributed by atoms with Crippen LogP contribution in [-0.2, 0) is 14.3 Å². The highest BCUT2D eigenvalue weighted by Gasteiger charge is 2.50. The Morgan fingerprint density at radius 2 is 1.80 bits per heavy atom. The summed E-state index contributed by atoms with van der Waals surface area (Å²) in [6.07, 6.45) is 9.07. The largest absolute Gasteiger partial charge is 0.376 e. The second-order valence-corrected chi connectivity index (χ2v) is 8.85. The molecule has 0 radical (unpaired) electrons. The maximum absolute atomic E-state index is 12.6. The van der Waals surface area contributed by atoms with E-state index in [1.54, 1.807) is 11.8 Å². The summed E-state index contributed by atoms with van der Waals surface area (Å²) < 4.78 is 11.6. The predicted molar refractivity (Wildman–Crippen MR) is 94.2 cm³/mol. The van der Waals surface area contributed by atoms with Crippen LogP contribution in [0.25, 0.3) is 0 Å². The summed E-state index contributed by atoms with van der Waals surface area (Å²) in [4.78, 5) is 12.2. The Balaban J connectivity index is 1.50. The molecule has 2 N–H and O–H groups in total. The van der Waals surface area contributed by atoms with Crippen LogP contribution in [0.5, 0.6) is 0 Å². The summed E-state index contributed by atoms with van der Waals surface area (Å²) in [7, 11) is 0. The molecule has 136 valence electrons. The molecule has 2 spiro atoms. The second-order valence-electron chi connectivity index (χ2n) is 7.45. The van der Waals surface area contributed by atoms with Gasteiger partial charge in [0.1, 0.15) is 11.6 Å². The van der Waals surface area contributed by atoms with E-state index in [1.807, 2.05) is 0 Å². The quantitative estimate of drug-likeness (QED) is 0.784. The van der Waals surface area contributed by atoms with Crippen LogP contribution >= 0.6 is 11.8 Å². The molecule has 2 aliphatic heterocycles. The van der Waals surface area contributed by atoms with Gasteiger partial charge in [0.15, 0.2) is 5.79 Å². The molecule has 4 aliphatic rings. The van der Waals surface area contributed by atoms with Crippen LogP contribution in [0.15, 0.2) is 10.6 Å². The first-order valence-electron chi connectivity index (χ1n) is 9.34. The fourth-order valence-corrected chi connectivity index (χ4v) is 5.74. The van der Waals surface area contributed by atoms with Crippen molar-refractivity contribution in [2.45, 2.75) is 74.5 Å². The van der Waals surface area contributed by atoms with E-state index in [0.29, 0.717) is 19.3 Å². The number of carbonyl (C=O) groups is 1. The lowest BCUT2D eigenvalue weighted by Crippen LogP contribution is -2.55. The molecule has 0 atom stereocenters. The monoisotopic (exact) mass is 363 g/mol. The maximum Gasteiger partial charge on any atom is 0.265 e. The number of nitriles is 1. The standard InChI is InChI=1S/C18H25N3O3S/c19-12-14-15(22)21-17(6-8-18(9-7-17)23-10-11-24-18)25-16(14)20-13-4-2-1-3-5-13/h13,20H,1-11H2,(H,21,22). The topological polar surface area (TPSA) is 83.4 Å². The number of hydrogen-bond acceptors (Lipinski definition) is 6. The molecule has 0 unspecified atom stereocenters. The van der Waals surface area contributed by atoms with Gasteiger partial charge >= 0.3 is 0 Å². The molecule has 0 bridgehead atoms. The minimum atomic E-state index is -0.452. The molecule has 3 fully saturated rings. The Bertz CT molecular complexity index is 606. The molecule has 2 saturated carbocycles. The third-order valence-electron chi connectivity index (χ3n) is 5.78. The van der Waals surface area contributed by atoms with E-state index < -0.39 is 5.79 Å². The molecule has 1 saturated heterocycles. The van der Waals surface area contributed by atoms with Gasteiger partial charge in [0.2, 0.25) is 0 Å². The Morgan fingerprint density at radius 1 is 1.12 bits per heavy atom. The minimum absolute atomic E-state index is 0.231. The molecule has 0 aromatic carbocycles. The number of hydrogen-bond donors (Lipinski definition) is 2. The average Bonchev–Trinajstić information content (AvgIpc) is 3.08. The molecule has 25 heavy (non-hydrogen) atoms. The third-order valence-corrected chi connectivity index (χ3v) is 7.21. The summed E-state index contributed by atoms with van der Waals surface area (Å²) in [6, 6.07) is 2.47. The Morgan fingerprint density at radius 3 is 2.44 bits per heavy atom. The van der Waals surface area contributed by atoms with Gasteiger partial charge in [-0.15, -0.1) is 0 Å². The van der Waals surface area contributed by atoms with Gasteiger partial charge < -0.3 is 20.1 Å². The predicted octanol–water partition coefficient (Wildman–Crippen LogP) is 2.52. The Labute approximate surface area is 152 Å². The van der Waals surface area contributed by atoms with Crippen molar-refractivity contribution in [2.24, 2.45) is 0 Å². The summed E-state index contributed by atoms with van der Waals surface area (Å²) in [5.74, 6) is -0.698. The minimum Gasteiger partial charge on any atom is -0.376 e. The van der Waals surface area contributed by atoms with E-state index in [0.717, 1.165) is 43.6 Å². The van der Waals surface area contributed by atoms with Crippen molar-refractivity contribution in [1.82, 2.24) is 10.6 Å². The van der Waals surface area contributed by atoms with Crippen LogP contribution in [0, 0.1) is 11.3 Å². The summed E-state index contributed by atoms with van der Waals surface area (Å²) in [5.41, 5.74) is 0.231. The SMILES string of the molecule is N#CC1=C(NC2CCCCC2)SC2(CCC3(CC2)OCCO3)NC1=O. The number of thioether (sulfide) groups is 1. The van der Waals surface area contributed by atoms with Crippen molar-refractivity contribution in [2.75, 3.05) is 13.2 Å². The number of amides is 1. The van der Waals surface area contributed by atoms with Gasteiger partial charge in [-0.25, -0.2) is 0 Å². The first kappa shape index (κ1) is 17.2. The highest BCUT2D eigenvalue weighted by molar-refractivity contribution is 8.04. The molecule has 4 rings (SSSR count). The molecule has 2 aliphatic carbocycles. The zero-order chi connectivity index (χ0) is 17.3. The van der Waals surface area contributed by atoms with Gasteiger partial charge in [-0.2, -0.15) is 5.26 Å². The van der Waals surface area contributed by atoms with E-state index >= 15 is 0 Å². The molecule has 2 heterocycles. The lowest BCUT2D eigenvalue weighted by atomic mass is 9.89. The van der Waals surface area contributed by atoms with Crippen molar-refractivity contribution in [1.29, 1.82) is 5.26 Å². The number of nitrogens with zero attached hydrogens (tertiary/aromatic N) is 1. The summed E-state index contributed by atoms with van der Waals surface area (Å²) >= 11 is 1.63. The normalized spacial score (nSPS) is 28.8. The van der Waals surface area contributed by atoms with Crippen LogP contribution in [-0.4, -0.2) is 35.8 Å². The number of nitrogens with one attached hydrogen (secondary N) is 2. The van der Waals surface area contributed by atoms with Gasteiger partial charge in [-0.3, -0.25) is 4.79 Å². The molecule has 1 amide bonds. The Hall–Kier alpha value is -1.23. The van der Waals surface area contributed by atoms with E-state index in [9.17, 15) is 10.1 Å². The lowest BCUT2D eigenvalue weighted by Gasteiger charge is -2.46. The van der Waals surface area contributed by atoms with E-state index in [2.05, 4.69) is 16.7 Å². The van der Waals surface area contributed by atoms with Crippen molar-refractivity contribution in [3.8, 4) is 6.07 Å². The van der Waals surface area contributed by atoms with Gasteiger partial charge in [0.25, 0.3) is 5.91 Å². The van der Waals surface area contributed by atoms with Gasteiger partial charge in [-0.1, -0.05) is 31.0 Å². The third kappa shape index (κ3) is 3.40. The summed E-state index contributed by atoms with van der Waals surface area (Å²) in [5, 5.41) is 16.8. The Kier molecular flexibility index (Phi) is 4.69. The molecular formula is C18H25N3O3S. The van der Waals surface area contributed by atoms with Crippen LogP contribution in [0.3, 0.4) is 0 Å². The average molecular weight is 363 g/mol. The van der Waals surface area contributed by atoms with Crippen LogP contribution in [0.1, 0.15) is 57.8 Å². The maximum atomic E-state index is 12.6. The zero-order valence-corrected chi connectivity index (χ0v) is 15.3. The van der Waals surface area contributed by atoms with E-state index in [1.165, 1.54) is 19.3 Å². The van der Waals surface area contributed by atoms with Gasteiger partial charge in [0, 0.05) is 18.9 Å². The number of carbonyl (C=O) groups excluding carboxylic acids is 1. The molecule has 6 nitrogen and oxygen atoms in total. The number of ether oxygens (including phenoxy) is 2. The fraction of sp³-hybridized carbons (Fsp3) is 0.778. The highest BCUT2D eigenvalue weighted by Crippen LogP contribution is 2.49. The first-order valence-corrected chi connectivity index (χ1v) is 10.2. The van der Waals surface area contributed by atoms with Gasteiger partial charge in [0.05, 0.1) is 23.1 Å². The van der Waals surface area contributed by atoms with Crippen LogP contribution in [0.2, 0.25) is 0 Å². The van der Waals surface area contributed by atoms with E-state index in [-0.39, 0.29) is 16.4 Å².